The van der Waals surface area contributed by atoms with Gasteiger partial charge in [0.05, 0.1) is 17.9 Å². The quantitative estimate of drug-likeness (QED) is 0.590. The summed E-state index contributed by atoms with van der Waals surface area (Å²) >= 11 is 0. The molecule has 1 heterocycles. The van der Waals surface area contributed by atoms with Crippen molar-refractivity contribution in [2.45, 2.75) is 18.4 Å². The first-order chi connectivity index (χ1) is 6.29. The highest BCUT2D eigenvalue weighted by Crippen LogP contribution is 2.47. The van der Waals surface area contributed by atoms with Crippen LogP contribution in [0.15, 0.2) is 18.2 Å². The maximum Gasteiger partial charge on any atom is 0.166 e. The number of nitrogen functional groups attached to an aromatic ring is 1. The van der Waals surface area contributed by atoms with E-state index in [-0.39, 0.29) is 5.60 Å². The lowest BCUT2D eigenvalue weighted by atomic mass is 10.2. The molecule has 0 radical (unpaired) electrons. The minimum absolute atomic E-state index is 0.0719. The summed E-state index contributed by atoms with van der Waals surface area (Å²) in [6.45, 7) is 0.920. The average Bonchev–Trinajstić information content (AvgIpc) is 2.88. The van der Waals surface area contributed by atoms with E-state index in [4.69, 9.17) is 10.5 Å². The smallest absolute Gasteiger partial charge is 0.166 e. The van der Waals surface area contributed by atoms with Gasteiger partial charge >= 0.3 is 0 Å². The molecule has 1 aromatic carbocycles. The molecule has 68 valence electrons. The number of nitrogens with one attached hydrogen (secondary N) is 1. The number of nitrogens with two attached hydrogens (primary N) is 1. The molecule has 1 fully saturated rings. The molecule has 3 nitrogen and oxygen atoms in total. The normalized spacial score (nSPS) is 21.5. The third-order valence-corrected chi connectivity index (χ3v) is 2.77. The van der Waals surface area contributed by atoms with Crippen molar-refractivity contribution in [2.24, 2.45) is 0 Å². The van der Waals surface area contributed by atoms with Gasteiger partial charge in [0.25, 0.3) is 0 Å². The number of benzene rings is 1. The van der Waals surface area contributed by atoms with Crippen molar-refractivity contribution < 1.29 is 4.74 Å². The van der Waals surface area contributed by atoms with Crippen molar-refractivity contribution in [1.82, 2.24) is 0 Å². The predicted molar refractivity (Wildman–Crippen MR) is 51.9 cm³/mol. The van der Waals surface area contributed by atoms with Gasteiger partial charge in [0, 0.05) is 0 Å². The first-order valence-corrected chi connectivity index (χ1v) is 4.61. The van der Waals surface area contributed by atoms with E-state index in [0.29, 0.717) is 0 Å². The van der Waals surface area contributed by atoms with Gasteiger partial charge in [0.15, 0.2) is 5.75 Å². The summed E-state index contributed by atoms with van der Waals surface area (Å²) in [5, 5.41) is 3.35. The van der Waals surface area contributed by atoms with Crippen LogP contribution in [-0.4, -0.2) is 12.1 Å². The number of fused-ring (bicyclic) bond motifs is 1. The number of hydrogen-bond acceptors (Lipinski definition) is 3. The fourth-order valence-corrected chi connectivity index (χ4v) is 1.74. The Balaban J connectivity index is 2.06. The number of ether oxygens (including phenoxy) is 1. The van der Waals surface area contributed by atoms with Crippen molar-refractivity contribution >= 4 is 11.4 Å². The Kier molecular flexibility index (Phi) is 1.14. The SMILES string of the molecule is Nc1cccc2c1OC1(CC1)CN2. The van der Waals surface area contributed by atoms with Crippen LogP contribution in [-0.2, 0) is 0 Å². The molecule has 13 heavy (non-hydrogen) atoms. The van der Waals surface area contributed by atoms with Crippen LogP contribution < -0.4 is 15.8 Å². The zero-order valence-corrected chi connectivity index (χ0v) is 7.34. The van der Waals surface area contributed by atoms with Crippen molar-refractivity contribution in [3.63, 3.8) is 0 Å². The highest BCUT2D eigenvalue weighted by atomic mass is 16.5. The molecule has 0 bridgehead atoms. The minimum atomic E-state index is 0.0719. The summed E-state index contributed by atoms with van der Waals surface area (Å²) in [6, 6.07) is 5.82. The lowest BCUT2D eigenvalue weighted by Crippen LogP contribution is -2.32. The molecular formula is C10H12N2O. The summed E-state index contributed by atoms with van der Waals surface area (Å²) in [5.41, 5.74) is 7.65. The van der Waals surface area contributed by atoms with Crippen LogP contribution in [0, 0.1) is 0 Å². The lowest BCUT2D eigenvalue weighted by molar-refractivity contribution is 0.185. The van der Waals surface area contributed by atoms with Gasteiger partial charge in [-0.05, 0) is 25.0 Å². The summed E-state index contributed by atoms with van der Waals surface area (Å²) in [7, 11) is 0. The summed E-state index contributed by atoms with van der Waals surface area (Å²) in [5.74, 6) is 0.839. The molecule has 0 aromatic heterocycles. The number of hydrogen-bond donors (Lipinski definition) is 2. The Hall–Kier alpha value is -1.38. The zero-order chi connectivity index (χ0) is 8.89. The summed E-state index contributed by atoms with van der Waals surface area (Å²) in [6.07, 6.45) is 2.29. The summed E-state index contributed by atoms with van der Waals surface area (Å²) in [4.78, 5) is 0. The molecule has 0 atom stereocenters. The van der Waals surface area contributed by atoms with E-state index < -0.39 is 0 Å². The second-order valence-corrected chi connectivity index (χ2v) is 3.86. The molecular weight excluding hydrogens is 164 g/mol. The van der Waals surface area contributed by atoms with Crippen molar-refractivity contribution in [1.29, 1.82) is 0 Å². The zero-order valence-electron chi connectivity index (χ0n) is 7.34. The van der Waals surface area contributed by atoms with Gasteiger partial charge < -0.3 is 15.8 Å². The fraction of sp³-hybridized carbons (Fsp3) is 0.400. The molecule has 0 saturated heterocycles. The molecule has 1 aliphatic carbocycles. The van der Waals surface area contributed by atoms with Gasteiger partial charge in [-0.25, -0.2) is 0 Å². The minimum Gasteiger partial charge on any atom is -0.481 e. The van der Waals surface area contributed by atoms with Crippen LogP contribution in [0.2, 0.25) is 0 Å². The van der Waals surface area contributed by atoms with Crippen LogP contribution in [0.1, 0.15) is 12.8 Å². The van der Waals surface area contributed by atoms with Gasteiger partial charge in [-0.1, -0.05) is 6.07 Å². The van der Waals surface area contributed by atoms with Crippen LogP contribution in [0.4, 0.5) is 11.4 Å². The topological polar surface area (TPSA) is 47.3 Å². The average molecular weight is 176 g/mol. The monoisotopic (exact) mass is 176 g/mol. The van der Waals surface area contributed by atoms with Gasteiger partial charge in [0.1, 0.15) is 5.60 Å². The van der Waals surface area contributed by atoms with Gasteiger partial charge in [-0.15, -0.1) is 0 Å². The molecule has 1 aliphatic heterocycles. The second kappa shape index (κ2) is 2.10. The maximum absolute atomic E-state index is 5.87. The molecule has 2 aliphatic rings. The van der Waals surface area contributed by atoms with Crippen LogP contribution in [0.3, 0.4) is 0 Å². The van der Waals surface area contributed by atoms with E-state index >= 15 is 0 Å². The molecule has 3 heteroatoms. The Morgan fingerprint density at radius 3 is 3.00 bits per heavy atom. The van der Waals surface area contributed by atoms with Crippen LogP contribution >= 0.6 is 0 Å². The maximum atomic E-state index is 5.87. The van der Waals surface area contributed by atoms with Gasteiger partial charge in [-0.2, -0.15) is 0 Å². The molecule has 3 rings (SSSR count). The van der Waals surface area contributed by atoms with Crippen LogP contribution in [0.5, 0.6) is 5.75 Å². The van der Waals surface area contributed by atoms with Crippen molar-refractivity contribution in [2.75, 3.05) is 17.6 Å². The number of para-hydroxylation sites is 1. The van der Waals surface area contributed by atoms with Gasteiger partial charge in [-0.3, -0.25) is 0 Å². The predicted octanol–water partition coefficient (Wildman–Crippen LogP) is 1.61. The van der Waals surface area contributed by atoms with Crippen molar-refractivity contribution in [3.8, 4) is 5.75 Å². The third-order valence-electron chi connectivity index (χ3n) is 2.77. The summed E-state index contributed by atoms with van der Waals surface area (Å²) < 4.78 is 5.87. The number of anilines is 2. The van der Waals surface area contributed by atoms with E-state index in [2.05, 4.69) is 5.32 Å². The van der Waals surface area contributed by atoms with Crippen molar-refractivity contribution in [3.05, 3.63) is 18.2 Å². The Morgan fingerprint density at radius 1 is 1.38 bits per heavy atom. The highest BCUT2D eigenvalue weighted by Gasteiger charge is 2.48. The van der Waals surface area contributed by atoms with E-state index in [9.17, 15) is 0 Å². The molecule has 1 aromatic rings. The molecule has 1 saturated carbocycles. The third kappa shape index (κ3) is 0.963. The Bertz CT molecular complexity index is 358. The van der Waals surface area contributed by atoms with E-state index in [1.54, 1.807) is 0 Å². The van der Waals surface area contributed by atoms with E-state index in [1.165, 1.54) is 0 Å². The standard InChI is InChI=1S/C10H12N2O/c11-7-2-1-3-8-9(7)13-10(4-5-10)6-12-8/h1-3,12H,4-6,11H2. The van der Waals surface area contributed by atoms with E-state index in [0.717, 1.165) is 36.5 Å². The van der Waals surface area contributed by atoms with E-state index in [1.807, 2.05) is 18.2 Å². The Labute approximate surface area is 76.9 Å². The fourth-order valence-electron chi connectivity index (χ4n) is 1.74. The number of rotatable bonds is 0. The first-order valence-electron chi connectivity index (χ1n) is 4.61. The first kappa shape index (κ1) is 7.06. The van der Waals surface area contributed by atoms with Crippen LogP contribution in [0.25, 0.3) is 0 Å². The highest BCUT2D eigenvalue weighted by molar-refractivity contribution is 5.70. The largest absolute Gasteiger partial charge is 0.481 e. The molecule has 0 amide bonds. The molecule has 3 N–H and O–H groups in total. The molecule has 0 unspecified atom stereocenters. The Morgan fingerprint density at radius 2 is 2.23 bits per heavy atom. The second-order valence-electron chi connectivity index (χ2n) is 3.86. The molecule has 1 spiro atoms. The van der Waals surface area contributed by atoms with Gasteiger partial charge in [0.2, 0.25) is 0 Å². The lowest BCUT2D eigenvalue weighted by Gasteiger charge is -2.28.